The van der Waals surface area contributed by atoms with E-state index in [9.17, 15) is 4.39 Å². The van der Waals surface area contributed by atoms with E-state index in [0.717, 1.165) is 11.1 Å². The van der Waals surface area contributed by atoms with Crippen molar-refractivity contribution in [3.63, 3.8) is 0 Å². The van der Waals surface area contributed by atoms with E-state index in [2.05, 4.69) is 25.8 Å². The van der Waals surface area contributed by atoms with Crippen LogP contribution in [0.25, 0.3) is 0 Å². The molecule has 1 aromatic heterocycles. The average Bonchev–Trinajstić information content (AvgIpc) is 2.63. The van der Waals surface area contributed by atoms with Crippen LogP contribution in [0.2, 0.25) is 10.0 Å². The zero-order chi connectivity index (χ0) is 18.4. The summed E-state index contributed by atoms with van der Waals surface area (Å²) < 4.78 is 12.9. The third-order valence-electron chi connectivity index (χ3n) is 3.64. The number of aromatic nitrogens is 3. The number of hydrogen-bond donors (Lipinski definition) is 2. The van der Waals surface area contributed by atoms with E-state index in [0.29, 0.717) is 41.3 Å². The van der Waals surface area contributed by atoms with Gasteiger partial charge in [0, 0.05) is 23.1 Å². The zero-order valence-corrected chi connectivity index (χ0v) is 15.2. The van der Waals surface area contributed by atoms with Gasteiger partial charge in [-0.05, 0) is 41.8 Å². The number of benzene rings is 2. The molecule has 0 bridgehead atoms. The van der Waals surface area contributed by atoms with Crippen molar-refractivity contribution < 1.29 is 4.39 Å². The van der Waals surface area contributed by atoms with Crippen molar-refractivity contribution in [1.82, 2.24) is 15.2 Å². The van der Waals surface area contributed by atoms with Crippen molar-refractivity contribution in [2.45, 2.75) is 13.0 Å². The largest absolute Gasteiger partial charge is 0.365 e. The van der Waals surface area contributed by atoms with Gasteiger partial charge in [-0.3, -0.25) is 0 Å². The molecule has 1 heterocycles. The first-order chi connectivity index (χ1) is 12.6. The molecule has 0 atom stereocenters. The van der Waals surface area contributed by atoms with Gasteiger partial charge in [-0.15, -0.1) is 5.10 Å². The van der Waals surface area contributed by atoms with Crippen LogP contribution in [0.5, 0.6) is 0 Å². The van der Waals surface area contributed by atoms with Crippen molar-refractivity contribution in [2.24, 2.45) is 0 Å². The highest BCUT2D eigenvalue weighted by molar-refractivity contribution is 6.35. The summed E-state index contributed by atoms with van der Waals surface area (Å²) in [6, 6.07) is 11.7. The van der Waals surface area contributed by atoms with Crippen LogP contribution in [0.1, 0.15) is 11.1 Å². The maximum absolute atomic E-state index is 12.9. The van der Waals surface area contributed by atoms with E-state index in [1.54, 1.807) is 24.3 Å². The van der Waals surface area contributed by atoms with E-state index in [1.807, 2.05) is 6.07 Å². The molecule has 0 amide bonds. The van der Waals surface area contributed by atoms with E-state index in [1.165, 1.54) is 18.3 Å². The predicted octanol–water partition coefficient (Wildman–Crippen LogP) is 4.58. The molecule has 0 saturated carbocycles. The molecule has 0 fully saturated rings. The first kappa shape index (κ1) is 18.4. The summed E-state index contributed by atoms with van der Waals surface area (Å²) in [6.07, 6.45) is 2.23. The molecule has 0 aliphatic rings. The van der Waals surface area contributed by atoms with Crippen LogP contribution in [0.3, 0.4) is 0 Å². The summed E-state index contributed by atoms with van der Waals surface area (Å²) in [5, 5.41) is 15.4. The summed E-state index contributed by atoms with van der Waals surface area (Å²) in [5.41, 5.74) is 1.93. The Morgan fingerprint density at radius 3 is 2.58 bits per heavy atom. The highest BCUT2D eigenvalue weighted by Gasteiger charge is 2.04. The van der Waals surface area contributed by atoms with Crippen LogP contribution in [-0.2, 0) is 13.0 Å². The van der Waals surface area contributed by atoms with Gasteiger partial charge >= 0.3 is 0 Å². The van der Waals surface area contributed by atoms with Crippen molar-refractivity contribution in [3.8, 4) is 0 Å². The van der Waals surface area contributed by atoms with E-state index < -0.39 is 0 Å². The molecule has 2 N–H and O–H groups in total. The molecule has 0 saturated heterocycles. The Labute approximate surface area is 160 Å². The summed E-state index contributed by atoms with van der Waals surface area (Å²) in [6.45, 7) is 1.11. The highest BCUT2D eigenvalue weighted by Crippen LogP contribution is 2.21. The predicted molar refractivity (Wildman–Crippen MR) is 102 cm³/mol. The highest BCUT2D eigenvalue weighted by atomic mass is 35.5. The summed E-state index contributed by atoms with van der Waals surface area (Å²) in [4.78, 5) is 4.35. The van der Waals surface area contributed by atoms with Gasteiger partial charge in [0.1, 0.15) is 5.82 Å². The van der Waals surface area contributed by atoms with Gasteiger partial charge in [-0.2, -0.15) is 10.1 Å². The lowest BCUT2D eigenvalue weighted by Crippen LogP contribution is -2.11. The van der Waals surface area contributed by atoms with E-state index >= 15 is 0 Å². The lowest BCUT2D eigenvalue weighted by atomic mass is 10.1. The van der Waals surface area contributed by atoms with E-state index in [4.69, 9.17) is 23.2 Å². The van der Waals surface area contributed by atoms with Gasteiger partial charge < -0.3 is 10.6 Å². The molecule has 134 valence electrons. The molecule has 3 rings (SSSR count). The van der Waals surface area contributed by atoms with E-state index in [-0.39, 0.29) is 5.82 Å². The standard InChI is InChI=1S/C18H16Cl2FN5/c19-14-4-3-13(16(20)9-14)7-8-22-18-25-17(11-24-26-18)23-10-12-1-5-15(21)6-2-12/h1-6,9,11H,7-8,10H2,(H2,22,23,25,26). The van der Waals surface area contributed by atoms with Gasteiger partial charge in [-0.1, -0.05) is 41.4 Å². The molecular weight excluding hydrogens is 376 g/mol. The second-order valence-electron chi connectivity index (χ2n) is 5.56. The van der Waals surface area contributed by atoms with Gasteiger partial charge in [0.25, 0.3) is 0 Å². The van der Waals surface area contributed by atoms with Gasteiger partial charge in [0.2, 0.25) is 5.95 Å². The number of nitrogens with one attached hydrogen (secondary N) is 2. The molecule has 0 aliphatic heterocycles. The fourth-order valence-electron chi connectivity index (χ4n) is 2.29. The van der Waals surface area contributed by atoms with Gasteiger partial charge in [0.15, 0.2) is 5.82 Å². The molecule has 2 aromatic carbocycles. The number of nitrogens with zero attached hydrogens (tertiary/aromatic N) is 3. The van der Waals surface area contributed by atoms with Crippen LogP contribution in [0, 0.1) is 5.82 Å². The Kier molecular flexibility index (Phi) is 6.20. The first-order valence-corrected chi connectivity index (χ1v) is 8.71. The summed E-state index contributed by atoms with van der Waals surface area (Å²) in [7, 11) is 0. The van der Waals surface area contributed by atoms with Gasteiger partial charge in [-0.25, -0.2) is 4.39 Å². The Balaban J connectivity index is 1.52. The lowest BCUT2D eigenvalue weighted by Gasteiger charge is -2.08. The first-order valence-electron chi connectivity index (χ1n) is 7.96. The molecule has 5 nitrogen and oxygen atoms in total. The minimum absolute atomic E-state index is 0.260. The fourth-order valence-corrected chi connectivity index (χ4v) is 2.79. The Morgan fingerprint density at radius 2 is 1.81 bits per heavy atom. The molecule has 0 aliphatic carbocycles. The van der Waals surface area contributed by atoms with Crippen LogP contribution < -0.4 is 10.6 Å². The number of hydrogen-bond acceptors (Lipinski definition) is 5. The topological polar surface area (TPSA) is 62.7 Å². The monoisotopic (exact) mass is 391 g/mol. The smallest absolute Gasteiger partial charge is 0.244 e. The third-order valence-corrected chi connectivity index (χ3v) is 4.23. The summed E-state index contributed by atoms with van der Waals surface area (Å²) in [5.74, 6) is 0.736. The third kappa shape index (κ3) is 5.28. The molecule has 8 heteroatoms. The van der Waals surface area contributed by atoms with Crippen LogP contribution >= 0.6 is 23.2 Å². The van der Waals surface area contributed by atoms with Gasteiger partial charge in [0.05, 0.1) is 6.20 Å². The molecule has 0 unspecified atom stereocenters. The van der Waals surface area contributed by atoms with Crippen LogP contribution in [0.4, 0.5) is 16.2 Å². The molecule has 0 radical (unpaired) electrons. The molecule has 3 aromatic rings. The quantitative estimate of drug-likeness (QED) is 0.616. The Bertz CT molecular complexity index is 874. The van der Waals surface area contributed by atoms with Crippen molar-refractivity contribution in [3.05, 3.63) is 75.7 Å². The maximum atomic E-state index is 12.9. The van der Waals surface area contributed by atoms with Crippen molar-refractivity contribution >= 4 is 35.0 Å². The minimum atomic E-state index is -0.260. The summed E-state index contributed by atoms with van der Waals surface area (Å²) >= 11 is 12.0. The molecule has 0 spiro atoms. The molecule has 26 heavy (non-hydrogen) atoms. The Morgan fingerprint density at radius 1 is 1.00 bits per heavy atom. The van der Waals surface area contributed by atoms with Crippen LogP contribution in [-0.4, -0.2) is 21.7 Å². The number of halogens is 3. The number of anilines is 2. The molecular formula is C18H16Cl2FN5. The average molecular weight is 392 g/mol. The zero-order valence-electron chi connectivity index (χ0n) is 13.7. The maximum Gasteiger partial charge on any atom is 0.244 e. The number of rotatable bonds is 7. The fraction of sp³-hybridized carbons (Fsp3) is 0.167. The van der Waals surface area contributed by atoms with Crippen LogP contribution in [0.15, 0.2) is 48.7 Å². The van der Waals surface area contributed by atoms with Crippen molar-refractivity contribution in [1.29, 1.82) is 0 Å². The lowest BCUT2D eigenvalue weighted by molar-refractivity contribution is 0.627. The van der Waals surface area contributed by atoms with Crippen molar-refractivity contribution in [2.75, 3.05) is 17.2 Å². The Hall–Kier alpha value is -2.44. The second-order valence-corrected chi connectivity index (χ2v) is 6.40. The SMILES string of the molecule is Fc1ccc(CNc2cnnc(NCCc3ccc(Cl)cc3Cl)n2)cc1. The normalized spacial score (nSPS) is 10.6. The minimum Gasteiger partial charge on any atom is -0.365 e. The second kappa shape index (κ2) is 8.78.